The summed E-state index contributed by atoms with van der Waals surface area (Å²) in [5.41, 5.74) is 3.00. The lowest BCUT2D eigenvalue weighted by Crippen LogP contribution is -2.17. The predicted molar refractivity (Wildman–Crippen MR) is 106 cm³/mol. The number of fused-ring (bicyclic) bond motifs is 3. The number of nitrogens with zero attached hydrogens (tertiary/aromatic N) is 3. The van der Waals surface area contributed by atoms with Crippen LogP contribution in [0.1, 0.15) is 11.8 Å². The Labute approximate surface area is 165 Å². The number of hydrogen-bond acceptors (Lipinski definition) is 7. The standard InChI is InChI=1S/C19H15ClN4O2S/c1-2-9-27-19-22-18-16(23-24-19)12-5-3-4-6-14(12)21-17(26-18)11-7-8-15(25)13(20)10-11/h2-8,10,17,21,25H,1,9H2/t17-/m1/s1. The fourth-order valence-electron chi connectivity index (χ4n) is 2.68. The summed E-state index contributed by atoms with van der Waals surface area (Å²) in [7, 11) is 0. The molecule has 4 rings (SSSR count). The van der Waals surface area contributed by atoms with E-state index in [-0.39, 0.29) is 10.8 Å². The molecule has 136 valence electrons. The number of hydrogen-bond donors (Lipinski definition) is 2. The highest BCUT2D eigenvalue weighted by molar-refractivity contribution is 7.99. The molecule has 0 saturated heterocycles. The van der Waals surface area contributed by atoms with Crippen molar-refractivity contribution in [3.8, 4) is 22.9 Å². The van der Waals surface area contributed by atoms with Gasteiger partial charge in [0.15, 0.2) is 11.9 Å². The maximum atomic E-state index is 9.70. The maximum Gasteiger partial charge on any atom is 0.247 e. The molecule has 1 atom stereocenters. The highest BCUT2D eigenvalue weighted by Crippen LogP contribution is 2.40. The fourth-order valence-corrected chi connectivity index (χ4v) is 3.38. The van der Waals surface area contributed by atoms with E-state index in [9.17, 15) is 5.11 Å². The van der Waals surface area contributed by atoms with Crippen molar-refractivity contribution in [2.24, 2.45) is 0 Å². The van der Waals surface area contributed by atoms with Crippen LogP contribution in [0.5, 0.6) is 11.6 Å². The van der Waals surface area contributed by atoms with Gasteiger partial charge in [-0.2, -0.15) is 4.98 Å². The molecule has 0 aliphatic carbocycles. The van der Waals surface area contributed by atoms with Crippen molar-refractivity contribution in [1.82, 2.24) is 15.2 Å². The van der Waals surface area contributed by atoms with E-state index >= 15 is 0 Å². The third kappa shape index (κ3) is 3.56. The van der Waals surface area contributed by atoms with Crippen LogP contribution in [0.2, 0.25) is 5.02 Å². The summed E-state index contributed by atoms with van der Waals surface area (Å²) in [6.07, 6.45) is 1.22. The summed E-state index contributed by atoms with van der Waals surface area (Å²) in [5, 5.41) is 22.3. The largest absolute Gasteiger partial charge is 0.506 e. The minimum absolute atomic E-state index is 0.0157. The van der Waals surface area contributed by atoms with Crippen LogP contribution in [0.25, 0.3) is 11.3 Å². The molecule has 0 spiro atoms. The Balaban J connectivity index is 1.80. The summed E-state index contributed by atoms with van der Waals surface area (Å²) in [4.78, 5) is 4.52. The Bertz CT molecular complexity index is 1010. The molecule has 0 fully saturated rings. The summed E-state index contributed by atoms with van der Waals surface area (Å²) >= 11 is 7.50. The van der Waals surface area contributed by atoms with Crippen molar-refractivity contribution in [1.29, 1.82) is 0 Å². The second kappa shape index (κ2) is 7.46. The van der Waals surface area contributed by atoms with Crippen LogP contribution >= 0.6 is 23.4 Å². The van der Waals surface area contributed by atoms with E-state index in [1.807, 2.05) is 24.3 Å². The molecular weight excluding hydrogens is 384 g/mol. The summed E-state index contributed by atoms with van der Waals surface area (Å²) in [5.74, 6) is 1.07. The Hall–Kier alpha value is -2.77. The molecule has 1 aromatic heterocycles. The number of aromatic nitrogens is 3. The molecule has 2 N–H and O–H groups in total. The second-order valence-electron chi connectivity index (χ2n) is 5.75. The number of rotatable bonds is 4. The number of thioether (sulfide) groups is 1. The number of anilines is 1. The van der Waals surface area contributed by atoms with Gasteiger partial charge >= 0.3 is 0 Å². The van der Waals surface area contributed by atoms with E-state index in [4.69, 9.17) is 16.3 Å². The van der Waals surface area contributed by atoms with Crippen LogP contribution in [-0.4, -0.2) is 26.0 Å². The first-order valence-electron chi connectivity index (χ1n) is 8.15. The lowest BCUT2D eigenvalue weighted by atomic mass is 10.1. The lowest BCUT2D eigenvalue weighted by Gasteiger charge is -2.19. The van der Waals surface area contributed by atoms with E-state index in [1.54, 1.807) is 18.2 Å². The van der Waals surface area contributed by atoms with Crippen molar-refractivity contribution >= 4 is 29.1 Å². The van der Waals surface area contributed by atoms with Gasteiger partial charge in [-0.3, -0.25) is 0 Å². The average molecular weight is 399 g/mol. The van der Waals surface area contributed by atoms with E-state index in [2.05, 4.69) is 27.1 Å². The van der Waals surface area contributed by atoms with Gasteiger partial charge < -0.3 is 15.2 Å². The Kier molecular flexibility index (Phi) is 4.87. The molecule has 27 heavy (non-hydrogen) atoms. The molecule has 0 unspecified atom stereocenters. The number of benzene rings is 2. The number of para-hydroxylation sites is 1. The molecule has 3 aromatic rings. The monoisotopic (exact) mass is 398 g/mol. The first-order chi connectivity index (χ1) is 13.2. The van der Waals surface area contributed by atoms with Gasteiger partial charge in [-0.15, -0.1) is 16.8 Å². The summed E-state index contributed by atoms with van der Waals surface area (Å²) in [6.45, 7) is 3.70. The number of nitrogens with one attached hydrogen (secondary N) is 1. The molecule has 2 heterocycles. The minimum atomic E-state index is -0.556. The van der Waals surface area contributed by atoms with Crippen LogP contribution in [0.15, 0.2) is 60.3 Å². The molecule has 0 bridgehead atoms. The molecule has 0 amide bonds. The highest BCUT2D eigenvalue weighted by Gasteiger charge is 2.26. The Morgan fingerprint density at radius 2 is 2.11 bits per heavy atom. The van der Waals surface area contributed by atoms with Crippen molar-refractivity contribution in [2.75, 3.05) is 11.1 Å². The van der Waals surface area contributed by atoms with Crippen LogP contribution in [0, 0.1) is 0 Å². The Morgan fingerprint density at radius 3 is 2.93 bits per heavy atom. The lowest BCUT2D eigenvalue weighted by molar-refractivity contribution is 0.225. The van der Waals surface area contributed by atoms with E-state index in [0.29, 0.717) is 22.5 Å². The number of ether oxygens (including phenoxy) is 1. The summed E-state index contributed by atoms with van der Waals surface area (Å²) < 4.78 is 6.14. The van der Waals surface area contributed by atoms with Gasteiger partial charge in [-0.25, -0.2) is 0 Å². The summed E-state index contributed by atoms with van der Waals surface area (Å²) in [6, 6.07) is 12.6. The molecule has 0 radical (unpaired) electrons. The molecule has 1 aliphatic rings. The van der Waals surface area contributed by atoms with Crippen LogP contribution in [-0.2, 0) is 0 Å². The molecule has 2 aromatic carbocycles. The molecule has 0 saturated carbocycles. The van der Waals surface area contributed by atoms with Crippen molar-refractivity contribution in [2.45, 2.75) is 11.4 Å². The van der Waals surface area contributed by atoms with Gasteiger partial charge in [-0.05, 0) is 24.3 Å². The van der Waals surface area contributed by atoms with Crippen LogP contribution in [0.4, 0.5) is 5.69 Å². The average Bonchev–Trinajstić information content (AvgIpc) is 2.85. The predicted octanol–water partition coefficient (Wildman–Crippen LogP) is 4.68. The first-order valence-corrected chi connectivity index (χ1v) is 9.51. The van der Waals surface area contributed by atoms with Gasteiger partial charge in [0.1, 0.15) is 5.75 Å². The van der Waals surface area contributed by atoms with Crippen LogP contribution < -0.4 is 10.1 Å². The van der Waals surface area contributed by atoms with Gasteiger partial charge in [-0.1, -0.05) is 47.6 Å². The van der Waals surface area contributed by atoms with Gasteiger partial charge in [0, 0.05) is 22.6 Å². The van der Waals surface area contributed by atoms with E-state index in [0.717, 1.165) is 16.8 Å². The van der Waals surface area contributed by atoms with Gasteiger partial charge in [0.05, 0.1) is 5.02 Å². The van der Waals surface area contributed by atoms with E-state index in [1.165, 1.54) is 17.8 Å². The fraction of sp³-hybridized carbons (Fsp3) is 0.105. The zero-order valence-corrected chi connectivity index (χ0v) is 15.7. The van der Waals surface area contributed by atoms with Crippen LogP contribution in [0.3, 0.4) is 0 Å². The SMILES string of the molecule is C=CCSc1nnc2c(n1)O[C@H](c1ccc(O)c(Cl)c1)Nc1ccccc1-2. The van der Waals surface area contributed by atoms with Crippen molar-refractivity contribution in [3.63, 3.8) is 0 Å². The van der Waals surface area contributed by atoms with Gasteiger partial charge in [0.2, 0.25) is 11.0 Å². The number of phenolic OH excluding ortho intramolecular Hbond substituents is 1. The molecule has 6 nitrogen and oxygen atoms in total. The Morgan fingerprint density at radius 1 is 1.26 bits per heavy atom. The maximum absolute atomic E-state index is 9.70. The van der Waals surface area contributed by atoms with Crippen molar-refractivity contribution in [3.05, 3.63) is 65.7 Å². The highest BCUT2D eigenvalue weighted by atomic mass is 35.5. The van der Waals surface area contributed by atoms with E-state index < -0.39 is 6.23 Å². The zero-order chi connectivity index (χ0) is 18.8. The quantitative estimate of drug-likeness (QED) is 0.487. The smallest absolute Gasteiger partial charge is 0.247 e. The van der Waals surface area contributed by atoms with Gasteiger partial charge in [0.25, 0.3) is 0 Å². The third-order valence-electron chi connectivity index (χ3n) is 3.94. The third-order valence-corrected chi connectivity index (χ3v) is 5.07. The number of phenols is 1. The number of aromatic hydroxyl groups is 1. The molecular formula is C19H15ClN4O2S. The normalized spacial score (nSPS) is 14.9. The number of halogens is 1. The first kappa shape index (κ1) is 17.6. The second-order valence-corrected chi connectivity index (χ2v) is 7.14. The topological polar surface area (TPSA) is 80.2 Å². The minimum Gasteiger partial charge on any atom is -0.506 e. The van der Waals surface area contributed by atoms with Crippen molar-refractivity contribution < 1.29 is 9.84 Å². The molecule has 8 heteroatoms. The molecule has 1 aliphatic heterocycles. The zero-order valence-electron chi connectivity index (χ0n) is 14.1.